The highest BCUT2D eigenvalue weighted by Crippen LogP contribution is 2.26. The Morgan fingerprint density at radius 2 is 1.63 bits per heavy atom. The summed E-state index contributed by atoms with van der Waals surface area (Å²) in [7, 11) is 0. The lowest BCUT2D eigenvalue weighted by Gasteiger charge is -2.10. The first kappa shape index (κ1) is 26.9. The lowest BCUT2D eigenvalue weighted by Crippen LogP contribution is -2.21. The van der Waals surface area contributed by atoms with Crippen molar-refractivity contribution in [2.24, 2.45) is 5.73 Å². The van der Waals surface area contributed by atoms with Crippen molar-refractivity contribution in [3.05, 3.63) is 52.5 Å². The largest absolute Gasteiger partial charge is 0.492 e. The summed E-state index contributed by atoms with van der Waals surface area (Å²) in [5.74, 6) is 0.933. The van der Waals surface area contributed by atoms with Crippen molar-refractivity contribution in [1.29, 1.82) is 0 Å². The number of unbranched alkanes of at least 4 members (excludes halogenated alkanes) is 8. The van der Waals surface area contributed by atoms with Crippen LogP contribution in [0, 0.1) is 0 Å². The highest BCUT2D eigenvalue weighted by Gasteiger charge is 2.03. The molecule has 0 saturated carbocycles. The molecule has 0 unspecified atom stereocenters. The summed E-state index contributed by atoms with van der Waals surface area (Å²) in [6.45, 7) is 5.37. The Hall–Kier alpha value is -1.10. The molecule has 1 rings (SSSR count). The van der Waals surface area contributed by atoms with Crippen LogP contribution in [0.3, 0.4) is 0 Å². The number of hydrogen-bond acceptors (Lipinski definition) is 3. The van der Waals surface area contributed by atoms with Crippen molar-refractivity contribution in [3.8, 4) is 5.75 Å². The van der Waals surface area contributed by atoms with Crippen LogP contribution in [-0.2, 0) is 6.54 Å². The van der Waals surface area contributed by atoms with Crippen LogP contribution in [0.15, 0.2) is 47.0 Å². The van der Waals surface area contributed by atoms with Crippen molar-refractivity contribution >= 4 is 15.9 Å². The Kier molecular flexibility index (Phi) is 17.8. The van der Waals surface area contributed by atoms with E-state index in [4.69, 9.17) is 10.5 Å². The zero-order valence-electron chi connectivity index (χ0n) is 19.0. The third kappa shape index (κ3) is 14.8. The molecule has 0 spiro atoms. The summed E-state index contributed by atoms with van der Waals surface area (Å²) in [4.78, 5) is 0. The van der Waals surface area contributed by atoms with Gasteiger partial charge in [-0.1, -0.05) is 69.4 Å². The summed E-state index contributed by atoms with van der Waals surface area (Å²) in [6.07, 6.45) is 23.1. The van der Waals surface area contributed by atoms with Gasteiger partial charge < -0.3 is 15.8 Å². The van der Waals surface area contributed by atoms with Crippen molar-refractivity contribution in [2.75, 3.05) is 19.7 Å². The molecule has 0 bridgehead atoms. The summed E-state index contributed by atoms with van der Waals surface area (Å²) < 4.78 is 6.95. The number of hydrogen-bond donors (Lipinski definition) is 2. The lowest BCUT2D eigenvalue weighted by molar-refractivity contribution is 0.302. The molecule has 0 amide bonds. The van der Waals surface area contributed by atoms with Crippen LogP contribution >= 0.6 is 15.9 Å². The predicted octanol–water partition coefficient (Wildman–Crippen LogP) is 7.30. The summed E-state index contributed by atoms with van der Waals surface area (Å²) in [5, 5.41) is 3.31. The van der Waals surface area contributed by atoms with E-state index in [-0.39, 0.29) is 0 Å². The number of halogens is 1. The molecule has 0 aliphatic heterocycles. The van der Waals surface area contributed by atoms with Crippen molar-refractivity contribution in [1.82, 2.24) is 5.32 Å². The second kappa shape index (κ2) is 19.8. The van der Waals surface area contributed by atoms with E-state index >= 15 is 0 Å². The molecule has 0 saturated heterocycles. The maximum atomic E-state index is 5.93. The van der Waals surface area contributed by atoms with E-state index in [9.17, 15) is 0 Å². The zero-order chi connectivity index (χ0) is 21.7. The third-order valence-electron chi connectivity index (χ3n) is 5.00. The molecule has 1 aromatic carbocycles. The van der Waals surface area contributed by atoms with Crippen LogP contribution in [0.2, 0.25) is 0 Å². The molecule has 3 N–H and O–H groups in total. The molecule has 0 aliphatic rings. The number of rotatable bonds is 19. The van der Waals surface area contributed by atoms with Crippen LogP contribution < -0.4 is 15.8 Å². The van der Waals surface area contributed by atoms with E-state index in [1.54, 1.807) is 0 Å². The highest BCUT2D eigenvalue weighted by molar-refractivity contribution is 9.10. The Morgan fingerprint density at radius 3 is 2.33 bits per heavy atom. The Balaban J connectivity index is 1.97. The molecule has 3 nitrogen and oxygen atoms in total. The second-order valence-corrected chi connectivity index (χ2v) is 8.66. The fourth-order valence-electron chi connectivity index (χ4n) is 3.20. The zero-order valence-corrected chi connectivity index (χ0v) is 20.6. The highest BCUT2D eigenvalue weighted by atomic mass is 79.9. The summed E-state index contributed by atoms with van der Waals surface area (Å²) in [6, 6.07) is 6.28. The maximum absolute atomic E-state index is 5.93. The molecule has 0 radical (unpaired) electrons. The molecule has 0 aliphatic carbocycles. The molecular formula is C26H43BrN2O. The first-order chi connectivity index (χ1) is 14.8. The van der Waals surface area contributed by atoms with Crippen LogP contribution in [0.25, 0.3) is 0 Å². The van der Waals surface area contributed by atoms with Gasteiger partial charge in [0, 0.05) is 19.6 Å². The molecule has 0 aromatic heterocycles. The van der Waals surface area contributed by atoms with Crippen LogP contribution in [0.5, 0.6) is 5.75 Å². The van der Waals surface area contributed by atoms with Gasteiger partial charge in [0.2, 0.25) is 0 Å². The predicted molar refractivity (Wildman–Crippen MR) is 135 cm³/mol. The molecule has 30 heavy (non-hydrogen) atoms. The normalized spacial score (nSPS) is 11.7. The van der Waals surface area contributed by atoms with Gasteiger partial charge in [0.15, 0.2) is 0 Å². The topological polar surface area (TPSA) is 47.3 Å². The van der Waals surface area contributed by atoms with Crippen molar-refractivity contribution in [2.45, 2.75) is 84.1 Å². The van der Waals surface area contributed by atoms with E-state index < -0.39 is 0 Å². The van der Waals surface area contributed by atoms with E-state index in [2.05, 4.69) is 70.7 Å². The van der Waals surface area contributed by atoms with Crippen molar-refractivity contribution < 1.29 is 4.74 Å². The van der Waals surface area contributed by atoms with Gasteiger partial charge in [0.1, 0.15) is 5.75 Å². The average molecular weight is 480 g/mol. The fourth-order valence-corrected chi connectivity index (χ4v) is 3.74. The van der Waals surface area contributed by atoms with Gasteiger partial charge in [-0.05, 0) is 72.2 Å². The van der Waals surface area contributed by atoms with Crippen LogP contribution in [0.4, 0.5) is 0 Å². The molecule has 0 fully saturated rings. The minimum atomic E-state index is 0.663. The smallest absolute Gasteiger partial charge is 0.133 e. The molecule has 0 heterocycles. The Bertz CT molecular complexity index is 586. The number of allylic oxidation sites excluding steroid dienone is 4. The van der Waals surface area contributed by atoms with E-state index in [1.807, 2.05) is 0 Å². The van der Waals surface area contributed by atoms with E-state index in [0.29, 0.717) is 6.54 Å². The molecule has 0 atom stereocenters. The first-order valence-corrected chi connectivity index (χ1v) is 12.7. The van der Waals surface area contributed by atoms with Crippen LogP contribution in [0.1, 0.15) is 83.1 Å². The second-order valence-electron chi connectivity index (χ2n) is 7.81. The molecule has 1 aromatic rings. The molecule has 170 valence electrons. The minimum absolute atomic E-state index is 0.663. The SMILES string of the molecule is CCCCC/C=C/C/C=C/CCCCCCCOc1ccc(CNCCN)cc1Br. The van der Waals surface area contributed by atoms with Gasteiger partial charge in [0.25, 0.3) is 0 Å². The number of benzene rings is 1. The lowest BCUT2D eigenvalue weighted by atomic mass is 10.1. The van der Waals surface area contributed by atoms with Gasteiger partial charge in [-0.25, -0.2) is 0 Å². The van der Waals surface area contributed by atoms with E-state index in [1.165, 1.54) is 63.4 Å². The summed E-state index contributed by atoms with van der Waals surface area (Å²) in [5.41, 5.74) is 6.74. The Morgan fingerprint density at radius 1 is 0.933 bits per heavy atom. The first-order valence-electron chi connectivity index (χ1n) is 11.9. The monoisotopic (exact) mass is 478 g/mol. The van der Waals surface area contributed by atoms with Gasteiger partial charge in [-0.15, -0.1) is 0 Å². The quantitative estimate of drug-likeness (QED) is 0.162. The minimum Gasteiger partial charge on any atom is -0.492 e. The molecular weight excluding hydrogens is 436 g/mol. The van der Waals surface area contributed by atoms with Crippen molar-refractivity contribution in [3.63, 3.8) is 0 Å². The number of nitrogens with two attached hydrogens (primary N) is 1. The third-order valence-corrected chi connectivity index (χ3v) is 5.62. The maximum Gasteiger partial charge on any atom is 0.133 e. The number of nitrogens with one attached hydrogen (secondary N) is 1. The van der Waals surface area contributed by atoms with Gasteiger partial charge in [-0.3, -0.25) is 0 Å². The number of ether oxygens (including phenoxy) is 1. The van der Waals surface area contributed by atoms with E-state index in [0.717, 1.165) is 42.8 Å². The van der Waals surface area contributed by atoms with Gasteiger partial charge in [-0.2, -0.15) is 0 Å². The fraction of sp³-hybridized carbons (Fsp3) is 0.615. The Labute approximate surface area is 193 Å². The molecule has 4 heteroatoms. The van der Waals surface area contributed by atoms with Crippen LogP contribution in [-0.4, -0.2) is 19.7 Å². The van der Waals surface area contributed by atoms with Gasteiger partial charge in [0.05, 0.1) is 11.1 Å². The van der Waals surface area contributed by atoms with Gasteiger partial charge >= 0.3 is 0 Å². The summed E-state index contributed by atoms with van der Waals surface area (Å²) >= 11 is 3.62. The standard InChI is InChI=1S/C26H43BrN2O/c1-2-3-4-5-6-7-8-9-10-11-12-13-14-15-16-21-30-26-18-17-24(22-25(26)27)23-29-20-19-28/h6-7,9-10,17-18,22,29H,2-5,8,11-16,19-21,23,28H2,1H3/b7-6+,10-9+. The average Bonchev–Trinajstić information content (AvgIpc) is 2.75.